The zero-order chi connectivity index (χ0) is 27.1. The molecular formula is C32H25Cl2NO4. The first-order valence-electron chi connectivity index (χ1n) is 12.7. The van der Waals surface area contributed by atoms with Gasteiger partial charge in [0, 0.05) is 16.0 Å². The van der Waals surface area contributed by atoms with E-state index in [-0.39, 0.29) is 5.78 Å². The number of ether oxygens (including phenoxy) is 2. The summed E-state index contributed by atoms with van der Waals surface area (Å²) in [6.07, 6.45) is -0.732. The summed E-state index contributed by atoms with van der Waals surface area (Å²) in [5, 5.41) is 4.64. The first-order chi connectivity index (χ1) is 18.9. The minimum Gasteiger partial charge on any atom is -0.484 e. The van der Waals surface area contributed by atoms with Crippen LogP contribution in [0.25, 0.3) is 0 Å². The fourth-order valence-electron chi connectivity index (χ4n) is 6.26. The van der Waals surface area contributed by atoms with Crippen molar-refractivity contribution in [2.45, 2.75) is 24.1 Å². The number of halogens is 2. The molecule has 7 heteroatoms. The molecule has 6 rings (SSSR count). The number of hydrogen-bond donors (Lipinski definition) is 1. The highest BCUT2D eigenvalue weighted by Crippen LogP contribution is 2.64. The van der Waals surface area contributed by atoms with Crippen LogP contribution in [0.2, 0.25) is 10.0 Å². The number of rotatable bonds is 4. The summed E-state index contributed by atoms with van der Waals surface area (Å²) < 4.78 is 12.1. The van der Waals surface area contributed by atoms with Crippen LogP contribution in [0.1, 0.15) is 45.1 Å². The number of Topliss-reactive ketones (excluding diaryl/α,β-unsaturated/α-hetero) is 1. The van der Waals surface area contributed by atoms with Gasteiger partial charge in [0.25, 0.3) is 0 Å². The summed E-state index contributed by atoms with van der Waals surface area (Å²) >= 11 is 12.5. The topological polar surface area (TPSA) is 64.6 Å². The normalized spacial score (nSPS) is 25.7. The summed E-state index contributed by atoms with van der Waals surface area (Å²) in [6, 6.07) is 30.1. The minimum absolute atomic E-state index is 0.114. The number of esters is 1. The van der Waals surface area contributed by atoms with Crippen LogP contribution in [-0.2, 0) is 9.53 Å². The number of hydrogen-bond acceptors (Lipinski definition) is 5. The molecule has 1 N–H and O–H groups in total. The number of carbonyl (C=O) groups is 2. The lowest BCUT2D eigenvalue weighted by atomic mass is 9.58. The Kier molecular flexibility index (Phi) is 6.67. The predicted octanol–water partition coefficient (Wildman–Crippen LogP) is 6.97. The molecule has 1 fully saturated rings. The third kappa shape index (κ3) is 4.13. The maximum atomic E-state index is 15.1. The number of nitrogens with one attached hydrogen (secondary N) is 1. The average molecular weight is 558 g/mol. The zero-order valence-electron chi connectivity index (χ0n) is 21.0. The first-order valence-corrected chi connectivity index (χ1v) is 13.4. The Morgan fingerprint density at radius 3 is 2.03 bits per heavy atom. The van der Waals surface area contributed by atoms with Crippen molar-refractivity contribution in [1.29, 1.82) is 0 Å². The molecule has 5 atom stereocenters. The molecule has 0 radical (unpaired) electrons. The van der Waals surface area contributed by atoms with E-state index in [9.17, 15) is 4.79 Å². The maximum absolute atomic E-state index is 15.1. The number of benzene rings is 4. The Hall–Kier alpha value is -3.64. The van der Waals surface area contributed by atoms with Gasteiger partial charge in [-0.25, -0.2) is 0 Å². The highest BCUT2D eigenvalue weighted by atomic mass is 35.5. The number of fused-ring (bicyclic) bond motifs is 1. The van der Waals surface area contributed by atoms with Crippen LogP contribution in [0.4, 0.5) is 0 Å². The van der Waals surface area contributed by atoms with Crippen LogP contribution < -0.4 is 10.1 Å². The highest BCUT2D eigenvalue weighted by Gasteiger charge is 2.68. The van der Waals surface area contributed by atoms with Gasteiger partial charge in [0.15, 0.2) is 5.78 Å². The van der Waals surface area contributed by atoms with E-state index in [1.165, 1.54) is 7.11 Å². The molecule has 0 amide bonds. The standard InChI is InChI=1S/C32H25Cl2NO4/c1-38-31(37)27-26(19-11-15-22(33)16-12-19)32(28(35-27)20-13-17-23(34)18-14-20)29(36)24-9-5-6-10-25(24)39-30(32)21-7-3-2-4-8-21/h2-18,26-28,30,35H,1H3/t26-,27+,28+,30+,32-/m1/s1. The molecule has 0 aromatic heterocycles. The summed E-state index contributed by atoms with van der Waals surface area (Å²) in [6.45, 7) is 0. The Labute approximate surface area is 236 Å². The number of carbonyl (C=O) groups excluding carboxylic acids is 2. The number of methoxy groups -OCH3 is 1. The average Bonchev–Trinajstić information content (AvgIpc) is 3.32. The van der Waals surface area contributed by atoms with E-state index in [0.717, 1.165) is 16.7 Å². The molecule has 196 valence electrons. The molecule has 0 aliphatic carbocycles. The van der Waals surface area contributed by atoms with Gasteiger partial charge in [0.1, 0.15) is 23.3 Å². The third-order valence-electron chi connectivity index (χ3n) is 7.87. The van der Waals surface area contributed by atoms with Crippen molar-refractivity contribution in [3.05, 3.63) is 135 Å². The molecule has 4 aromatic carbocycles. The van der Waals surface area contributed by atoms with Gasteiger partial charge < -0.3 is 9.47 Å². The van der Waals surface area contributed by atoms with Crippen molar-refractivity contribution in [1.82, 2.24) is 5.32 Å². The van der Waals surface area contributed by atoms with Gasteiger partial charge in [-0.05, 0) is 53.1 Å². The van der Waals surface area contributed by atoms with E-state index >= 15 is 4.79 Å². The second kappa shape index (κ2) is 10.2. The molecule has 5 nitrogen and oxygen atoms in total. The lowest BCUT2D eigenvalue weighted by molar-refractivity contribution is -0.143. The van der Waals surface area contributed by atoms with Crippen molar-refractivity contribution >= 4 is 35.0 Å². The predicted molar refractivity (Wildman–Crippen MR) is 150 cm³/mol. The van der Waals surface area contributed by atoms with Gasteiger partial charge in [-0.3, -0.25) is 14.9 Å². The Balaban J connectivity index is 1.70. The van der Waals surface area contributed by atoms with E-state index in [2.05, 4.69) is 5.32 Å². The van der Waals surface area contributed by atoms with Gasteiger partial charge >= 0.3 is 5.97 Å². The number of ketones is 1. The van der Waals surface area contributed by atoms with Crippen molar-refractivity contribution < 1.29 is 19.1 Å². The smallest absolute Gasteiger partial charge is 0.323 e. The zero-order valence-corrected chi connectivity index (χ0v) is 22.5. The summed E-state index contributed by atoms with van der Waals surface area (Å²) in [7, 11) is 1.36. The molecular weight excluding hydrogens is 533 g/mol. The van der Waals surface area contributed by atoms with Crippen LogP contribution in [0.15, 0.2) is 103 Å². The van der Waals surface area contributed by atoms with E-state index in [1.54, 1.807) is 30.3 Å². The van der Waals surface area contributed by atoms with Crippen LogP contribution in [-0.4, -0.2) is 24.9 Å². The fourth-order valence-corrected chi connectivity index (χ4v) is 6.51. The van der Waals surface area contributed by atoms with Gasteiger partial charge in [0.05, 0.1) is 18.7 Å². The molecule has 1 saturated heterocycles. The lowest BCUT2D eigenvalue weighted by Crippen LogP contribution is -2.50. The molecule has 2 aliphatic rings. The summed E-state index contributed by atoms with van der Waals surface area (Å²) in [4.78, 5) is 28.5. The highest BCUT2D eigenvalue weighted by molar-refractivity contribution is 6.30. The van der Waals surface area contributed by atoms with Crippen LogP contribution in [0.5, 0.6) is 5.75 Å². The largest absolute Gasteiger partial charge is 0.484 e. The van der Waals surface area contributed by atoms with Gasteiger partial charge in [0.2, 0.25) is 0 Å². The Morgan fingerprint density at radius 2 is 1.38 bits per heavy atom. The van der Waals surface area contributed by atoms with Crippen molar-refractivity contribution in [3.8, 4) is 5.75 Å². The first kappa shape index (κ1) is 25.6. The van der Waals surface area contributed by atoms with Crippen molar-refractivity contribution in [2.24, 2.45) is 5.41 Å². The van der Waals surface area contributed by atoms with Crippen LogP contribution in [0.3, 0.4) is 0 Å². The summed E-state index contributed by atoms with van der Waals surface area (Å²) in [5.41, 5.74) is 1.59. The molecule has 1 spiro atoms. The second-order valence-corrected chi connectivity index (χ2v) is 10.7. The second-order valence-electron chi connectivity index (χ2n) is 9.85. The van der Waals surface area contributed by atoms with Crippen molar-refractivity contribution in [3.63, 3.8) is 0 Å². The van der Waals surface area contributed by atoms with E-state index in [1.807, 2.05) is 72.8 Å². The Morgan fingerprint density at radius 1 is 0.795 bits per heavy atom. The lowest BCUT2D eigenvalue weighted by Gasteiger charge is -2.47. The van der Waals surface area contributed by atoms with Crippen molar-refractivity contribution in [2.75, 3.05) is 7.11 Å². The minimum atomic E-state index is -1.28. The van der Waals surface area contributed by atoms with Gasteiger partial charge in [-0.2, -0.15) is 0 Å². The van der Waals surface area contributed by atoms with E-state index in [0.29, 0.717) is 21.4 Å². The molecule has 0 bridgehead atoms. The van der Waals surface area contributed by atoms with Gasteiger partial charge in [-0.1, -0.05) is 89.9 Å². The summed E-state index contributed by atoms with van der Waals surface area (Å²) in [5.74, 6) is -0.733. The molecule has 2 heterocycles. The van der Waals surface area contributed by atoms with E-state index < -0.39 is 35.5 Å². The fraction of sp³-hybridized carbons (Fsp3) is 0.188. The maximum Gasteiger partial charge on any atom is 0.323 e. The van der Waals surface area contributed by atoms with Gasteiger partial charge in [-0.15, -0.1) is 0 Å². The number of para-hydroxylation sites is 1. The molecule has 0 saturated carbocycles. The molecule has 4 aromatic rings. The molecule has 39 heavy (non-hydrogen) atoms. The SMILES string of the molecule is COC(=O)[C@H]1N[C@@H](c2ccc(Cl)cc2)[C@@]2(C(=O)c3ccccc3O[C@H]2c2ccccc2)[C@@H]1c1ccc(Cl)cc1. The molecule has 0 unspecified atom stereocenters. The third-order valence-corrected chi connectivity index (χ3v) is 8.37. The molecule has 2 aliphatic heterocycles. The quantitative estimate of drug-likeness (QED) is 0.274. The Bertz CT molecular complexity index is 1520. The van der Waals surface area contributed by atoms with Crippen LogP contribution >= 0.6 is 23.2 Å². The monoisotopic (exact) mass is 557 g/mol. The van der Waals surface area contributed by atoms with Crippen LogP contribution in [0, 0.1) is 5.41 Å². The van der Waals surface area contributed by atoms with E-state index in [4.69, 9.17) is 32.7 Å².